The topological polar surface area (TPSA) is 102 Å². The predicted molar refractivity (Wildman–Crippen MR) is 117 cm³/mol. The number of nitrogens with one attached hydrogen (secondary N) is 2. The maximum absolute atomic E-state index is 12.1. The Bertz CT molecular complexity index is 793. The van der Waals surface area contributed by atoms with Gasteiger partial charge in [-0.25, -0.2) is 13.1 Å². The molecule has 0 radical (unpaired) electrons. The lowest BCUT2D eigenvalue weighted by atomic mass is 10.1. The Morgan fingerprint density at radius 2 is 1.57 bits per heavy atom. The highest BCUT2D eigenvalue weighted by Crippen LogP contribution is 2.22. The number of sulfonamides is 1. The van der Waals surface area contributed by atoms with E-state index >= 15 is 0 Å². The number of hydrogen-bond donors (Lipinski definition) is 4. The minimum Gasteiger partial charge on any atom is -0.395 e. The molecule has 0 aromatic heterocycles. The van der Waals surface area contributed by atoms with Crippen molar-refractivity contribution in [3.63, 3.8) is 0 Å². The van der Waals surface area contributed by atoms with Crippen molar-refractivity contribution in [3.8, 4) is 0 Å². The molecule has 0 aliphatic heterocycles. The first-order chi connectivity index (χ1) is 13.1. The number of halogens is 1. The third-order valence-electron chi connectivity index (χ3n) is 4.27. The summed E-state index contributed by atoms with van der Waals surface area (Å²) in [6, 6.07) is 14.0. The van der Waals surface area contributed by atoms with Gasteiger partial charge in [0, 0.05) is 37.3 Å². The van der Waals surface area contributed by atoms with Crippen LogP contribution in [0.5, 0.6) is 0 Å². The molecule has 2 aromatic carbocycles. The number of anilines is 1. The molecule has 2 rings (SSSR count). The van der Waals surface area contributed by atoms with Crippen LogP contribution in [-0.2, 0) is 10.0 Å². The van der Waals surface area contributed by atoms with Crippen molar-refractivity contribution in [3.05, 3.63) is 42.5 Å². The van der Waals surface area contributed by atoms with Crippen molar-refractivity contribution in [2.75, 3.05) is 57.0 Å². The van der Waals surface area contributed by atoms with Gasteiger partial charge in [-0.1, -0.05) is 36.4 Å². The van der Waals surface area contributed by atoms with E-state index in [-0.39, 0.29) is 31.4 Å². The molecule has 0 saturated carbocycles. The van der Waals surface area contributed by atoms with Gasteiger partial charge in [-0.05, 0) is 24.4 Å². The van der Waals surface area contributed by atoms with E-state index in [1.807, 2.05) is 47.4 Å². The fourth-order valence-electron chi connectivity index (χ4n) is 2.95. The number of aliphatic hydroxyl groups excluding tert-OH is 2. The van der Waals surface area contributed by atoms with E-state index in [9.17, 15) is 8.42 Å². The zero-order valence-electron chi connectivity index (χ0n) is 15.9. The lowest BCUT2D eigenvalue weighted by Crippen LogP contribution is -2.34. The summed E-state index contributed by atoms with van der Waals surface area (Å²) < 4.78 is 26.8. The highest BCUT2D eigenvalue weighted by atomic mass is 35.5. The van der Waals surface area contributed by atoms with Crippen molar-refractivity contribution in [2.45, 2.75) is 6.42 Å². The van der Waals surface area contributed by atoms with Crippen LogP contribution in [0, 0.1) is 0 Å². The summed E-state index contributed by atoms with van der Waals surface area (Å²) in [4.78, 5) is 1.84. The third-order valence-corrected chi connectivity index (χ3v) is 5.74. The summed E-state index contributed by atoms with van der Waals surface area (Å²) in [7, 11) is -3.35. The smallest absolute Gasteiger partial charge is 0.211 e. The summed E-state index contributed by atoms with van der Waals surface area (Å²) in [6.45, 7) is 2.18. The van der Waals surface area contributed by atoms with Crippen LogP contribution in [0.4, 0.5) is 5.69 Å². The number of benzene rings is 2. The summed E-state index contributed by atoms with van der Waals surface area (Å²) in [5.41, 5.74) is 0.982. The molecule has 0 aliphatic carbocycles. The SMILES string of the molecule is Cl.O=S(=O)(CCCN(CCO)CCO)NCCNc1cccc2ccccc12. The first-order valence-electron chi connectivity index (χ1n) is 9.19. The number of rotatable bonds is 13. The van der Waals surface area contributed by atoms with E-state index in [0.29, 0.717) is 39.1 Å². The molecule has 28 heavy (non-hydrogen) atoms. The lowest BCUT2D eigenvalue weighted by Gasteiger charge is -2.19. The molecule has 0 amide bonds. The second-order valence-corrected chi connectivity index (χ2v) is 8.24. The van der Waals surface area contributed by atoms with Crippen LogP contribution in [-0.4, -0.2) is 75.2 Å². The Hall–Kier alpha value is -1.42. The molecule has 7 nitrogen and oxygen atoms in total. The van der Waals surface area contributed by atoms with Crippen molar-refractivity contribution >= 4 is 38.9 Å². The first kappa shape index (κ1) is 24.6. The van der Waals surface area contributed by atoms with Crippen molar-refractivity contribution in [1.29, 1.82) is 0 Å². The Balaban J connectivity index is 0.00000392. The number of hydrogen-bond acceptors (Lipinski definition) is 6. The molecular formula is C19H30ClN3O4S. The van der Waals surface area contributed by atoms with Gasteiger partial charge in [0.2, 0.25) is 10.0 Å². The molecule has 0 atom stereocenters. The molecule has 0 saturated heterocycles. The van der Waals surface area contributed by atoms with Crippen LogP contribution < -0.4 is 10.0 Å². The lowest BCUT2D eigenvalue weighted by molar-refractivity contribution is 0.161. The average molecular weight is 432 g/mol. The zero-order valence-corrected chi connectivity index (χ0v) is 17.5. The monoisotopic (exact) mass is 431 g/mol. The van der Waals surface area contributed by atoms with Crippen LogP contribution in [0.1, 0.15) is 6.42 Å². The zero-order chi connectivity index (χ0) is 19.5. The molecule has 0 unspecified atom stereocenters. The van der Waals surface area contributed by atoms with Gasteiger partial charge in [0.1, 0.15) is 0 Å². The molecule has 9 heteroatoms. The minimum absolute atomic E-state index is 0. The second-order valence-electron chi connectivity index (χ2n) is 6.31. The van der Waals surface area contributed by atoms with Gasteiger partial charge in [-0.2, -0.15) is 0 Å². The molecule has 0 aliphatic rings. The van der Waals surface area contributed by atoms with Gasteiger partial charge in [-0.3, -0.25) is 4.90 Å². The first-order valence-corrected chi connectivity index (χ1v) is 10.8. The maximum atomic E-state index is 12.1. The Morgan fingerprint density at radius 3 is 2.29 bits per heavy atom. The van der Waals surface area contributed by atoms with E-state index in [1.165, 1.54) is 0 Å². The summed E-state index contributed by atoms with van der Waals surface area (Å²) in [5.74, 6) is 0.0224. The Kier molecular flexibility index (Phi) is 11.4. The fourth-order valence-corrected chi connectivity index (χ4v) is 4.02. The standard InChI is InChI=1S/C19H29N3O4S.ClH/c23-14-12-22(13-15-24)11-4-16-27(25,26)21-10-9-20-19-8-3-6-17-5-1-2-7-18(17)19;/h1-3,5-8,20-21,23-24H,4,9-16H2;1H. The molecular weight excluding hydrogens is 402 g/mol. The molecule has 158 valence electrons. The summed E-state index contributed by atoms with van der Waals surface area (Å²) in [5, 5.41) is 23.5. The van der Waals surface area contributed by atoms with Crippen LogP contribution in [0.2, 0.25) is 0 Å². The second kappa shape index (κ2) is 12.9. The van der Waals surface area contributed by atoms with Crippen LogP contribution >= 0.6 is 12.4 Å². The largest absolute Gasteiger partial charge is 0.395 e. The van der Waals surface area contributed by atoms with Gasteiger partial charge in [0.15, 0.2) is 0 Å². The van der Waals surface area contributed by atoms with Gasteiger partial charge >= 0.3 is 0 Å². The van der Waals surface area contributed by atoms with Crippen molar-refractivity contribution in [1.82, 2.24) is 9.62 Å². The quantitative estimate of drug-likeness (QED) is 0.356. The van der Waals surface area contributed by atoms with Crippen LogP contribution in [0.3, 0.4) is 0 Å². The van der Waals surface area contributed by atoms with Crippen LogP contribution in [0.25, 0.3) is 10.8 Å². The Labute approximate surface area is 173 Å². The highest BCUT2D eigenvalue weighted by molar-refractivity contribution is 7.89. The van der Waals surface area contributed by atoms with E-state index in [1.54, 1.807) is 0 Å². The van der Waals surface area contributed by atoms with E-state index in [4.69, 9.17) is 10.2 Å². The normalized spacial score (nSPS) is 11.5. The number of fused-ring (bicyclic) bond motifs is 1. The minimum atomic E-state index is -3.35. The third kappa shape index (κ3) is 8.30. The molecule has 2 aromatic rings. The number of aliphatic hydroxyl groups is 2. The van der Waals surface area contributed by atoms with Crippen molar-refractivity contribution < 1.29 is 18.6 Å². The average Bonchev–Trinajstić information content (AvgIpc) is 2.65. The van der Waals surface area contributed by atoms with Crippen molar-refractivity contribution in [2.24, 2.45) is 0 Å². The van der Waals surface area contributed by atoms with Gasteiger partial charge in [0.25, 0.3) is 0 Å². The molecule has 0 bridgehead atoms. The van der Waals surface area contributed by atoms with Gasteiger partial charge in [0.05, 0.1) is 19.0 Å². The molecule has 0 spiro atoms. The van der Waals surface area contributed by atoms with E-state index in [0.717, 1.165) is 16.5 Å². The number of nitrogens with zero attached hydrogens (tertiary/aromatic N) is 1. The fraction of sp³-hybridized carbons (Fsp3) is 0.474. The summed E-state index contributed by atoms with van der Waals surface area (Å²) in [6.07, 6.45) is 0.450. The van der Waals surface area contributed by atoms with Gasteiger partial charge in [-0.15, -0.1) is 12.4 Å². The van der Waals surface area contributed by atoms with Gasteiger partial charge < -0.3 is 15.5 Å². The van der Waals surface area contributed by atoms with E-state index in [2.05, 4.69) is 10.0 Å². The molecule has 0 heterocycles. The van der Waals surface area contributed by atoms with E-state index < -0.39 is 10.0 Å². The maximum Gasteiger partial charge on any atom is 0.211 e. The van der Waals surface area contributed by atoms with Crippen LogP contribution in [0.15, 0.2) is 42.5 Å². The molecule has 4 N–H and O–H groups in total. The predicted octanol–water partition coefficient (Wildman–Crippen LogP) is 1.27. The summed E-state index contributed by atoms with van der Waals surface area (Å²) >= 11 is 0. The molecule has 0 fully saturated rings. The highest BCUT2D eigenvalue weighted by Gasteiger charge is 2.11. The Morgan fingerprint density at radius 1 is 0.893 bits per heavy atom.